The number of nitrogens with zero attached hydrogens (tertiary/aromatic N) is 2. The second-order valence-electron chi connectivity index (χ2n) is 12.9. The minimum Gasteiger partial charge on any atom is -0.497 e. The summed E-state index contributed by atoms with van der Waals surface area (Å²) in [6, 6.07) is 14.5. The molecule has 4 atom stereocenters. The Hall–Kier alpha value is -5.17. The number of hydrogen-bond acceptors (Lipinski definition) is 10. The standard InChI is InChI=1S/C37H47N5O8/c1-8-37(9-2,34(45)48-10-3)41-32(43)30-19-25(22-42(30)33(44)29(21-38)40-35(46)50-36(4,5)6)49-31-20-27(23-14-12-11-13-15-23)39-28-18-24(47-7)16-17-26(28)31/h8,11-18,20,25,29-30H,1,9-10,19,21-22,38H2,2-7H3,(H,40,46)(H,41,43)/t25-,29+,30+,37+/m1/s1. The average molecular weight is 690 g/mol. The normalized spacial score (nSPS) is 17.6. The summed E-state index contributed by atoms with van der Waals surface area (Å²) < 4.78 is 22.6. The number of ether oxygens (including phenoxy) is 4. The van der Waals surface area contributed by atoms with Crippen LogP contribution in [0.4, 0.5) is 4.79 Å². The van der Waals surface area contributed by atoms with Crippen molar-refractivity contribution >= 4 is 34.8 Å². The highest BCUT2D eigenvalue weighted by Gasteiger charge is 2.46. The van der Waals surface area contributed by atoms with E-state index in [2.05, 4.69) is 17.2 Å². The van der Waals surface area contributed by atoms with E-state index in [9.17, 15) is 19.2 Å². The first-order chi connectivity index (χ1) is 23.8. The summed E-state index contributed by atoms with van der Waals surface area (Å²) in [5.74, 6) is -0.813. The highest BCUT2D eigenvalue weighted by atomic mass is 16.6. The number of fused-ring (bicyclic) bond motifs is 1. The molecule has 0 spiro atoms. The number of hydrogen-bond donors (Lipinski definition) is 3. The molecule has 1 aliphatic rings. The summed E-state index contributed by atoms with van der Waals surface area (Å²) in [7, 11) is 1.57. The Morgan fingerprint density at radius 2 is 1.82 bits per heavy atom. The maximum absolute atomic E-state index is 14.1. The molecule has 3 amide bonds. The number of rotatable bonds is 13. The number of carbonyl (C=O) groups excluding carboxylic acids is 4. The van der Waals surface area contributed by atoms with E-state index in [1.54, 1.807) is 53.9 Å². The summed E-state index contributed by atoms with van der Waals surface area (Å²) in [5, 5.41) is 6.00. The van der Waals surface area contributed by atoms with Crippen molar-refractivity contribution in [1.29, 1.82) is 0 Å². The van der Waals surface area contributed by atoms with Gasteiger partial charge >= 0.3 is 12.1 Å². The fraction of sp³-hybridized carbons (Fsp3) is 0.432. The lowest BCUT2D eigenvalue weighted by atomic mass is 9.95. The average Bonchev–Trinajstić information content (AvgIpc) is 3.52. The van der Waals surface area contributed by atoms with Gasteiger partial charge in [0.2, 0.25) is 11.8 Å². The van der Waals surface area contributed by atoms with E-state index in [1.807, 2.05) is 42.5 Å². The molecule has 4 rings (SSSR count). The van der Waals surface area contributed by atoms with Crippen LogP contribution in [0.25, 0.3) is 22.2 Å². The Balaban J connectivity index is 1.71. The third kappa shape index (κ3) is 8.70. The molecule has 0 aliphatic carbocycles. The van der Waals surface area contributed by atoms with Crippen molar-refractivity contribution in [3.63, 3.8) is 0 Å². The van der Waals surface area contributed by atoms with Gasteiger partial charge in [0.05, 0.1) is 31.5 Å². The molecule has 268 valence electrons. The molecular weight excluding hydrogens is 642 g/mol. The van der Waals surface area contributed by atoms with Crippen LogP contribution in [-0.4, -0.2) is 89.9 Å². The van der Waals surface area contributed by atoms with Gasteiger partial charge in [-0.15, -0.1) is 6.58 Å². The summed E-state index contributed by atoms with van der Waals surface area (Å²) in [6.45, 7) is 12.0. The molecule has 0 bridgehead atoms. The zero-order chi connectivity index (χ0) is 36.6. The molecule has 1 aliphatic heterocycles. The van der Waals surface area contributed by atoms with Crippen molar-refractivity contribution in [2.45, 2.75) is 76.8 Å². The predicted molar refractivity (Wildman–Crippen MR) is 188 cm³/mol. The van der Waals surface area contributed by atoms with Crippen LogP contribution >= 0.6 is 0 Å². The minimum atomic E-state index is -1.53. The lowest BCUT2D eigenvalue weighted by molar-refractivity contribution is -0.152. The molecule has 13 nitrogen and oxygen atoms in total. The summed E-state index contributed by atoms with van der Waals surface area (Å²) in [4.78, 5) is 59.9. The highest BCUT2D eigenvalue weighted by molar-refractivity contribution is 5.96. The molecule has 0 saturated carbocycles. The molecule has 0 unspecified atom stereocenters. The summed E-state index contributed by atoms with van der Waals surface area (Å²) in [5.41, 5.74) is 5.75. The topological polar surface area (TPSA) is 171 Å². The van der Waals surface area contributed by atoms with E-state index in [0.717, 1.165) is 5.56 Å². The number of methoxy groups -OCH3 is 1. The Labute approximate surface area is 292 Å². The zero-order valence-electron chi connectivity index (χ0n) is 29.5. The van der Waals surface area contributed by atoms with E-state index in [4.69, 9.17) is 29.7 Å². The molecule has 2 heterocycles. The predicted octanol–water partition coefficient (Wildman–Crippen LogP) is 4.12. The SMILES string of the molecule is C=C[C@@](CC)(NC(=O)[C@@H]1C[C@@H](Oc2cc(-c3ccccc3)nc3cc(OC)ccc23)CN1C(=O)[C@H](CN)NC(=O)OC(C)(C)C)C(=O)OCC. The number of aromatic nitrogens is 1. The van der Waals surface area contributed by atoms with Gasteiger partial charge in [0.25, 0.3) is 0 Å². The van der Waals surface area contributed by atoms with Crippen LogP contribution < -0.4 is 25.8 Å². The number of benzene rings is 2. The second kappa shape index (κ2) is 16.0. The minimum absolute atomic E-state index is 0.0311. The van der Waals surface area contributed by atoms with Crippen LogP contribution in [0, 0.1) is 0 Å². The first-order valence-corrected chi connectivity index (χ1v) is 16.6. The Morgan fingerprint density at radius 3 is 2.42 bits per heavy atom. The van der Waals surface area contributed by atoms with Gasteiger partial charge in [-0.2, -0.15) is 0 Å². The zero-order valence-corrected chi connectivity index (χ0v) is 29.5. The van der Waals surface area contributed by atoms with Crippen molar-refractivity contribution in [2.75, 3.05) is 26.8 Å². The Kier molecular flexibility index (Phi) is 12.1. The number of amides is 3. The monoisotopic (exact) mass is 689 g/mol. The molecule has 3 aromatic rings. The van der Waals surface area contributed by atoms with Crippen molar-refractivity contribution in [1.82, 2.24) is 20.5 Å². The fourth-order valence-corrected chi connectivity index (χ4v) is 5.71. The van der Waals surface area contributed by atoms with E-state index in [1.165, 1.54) is 11.0 Å². The van der Waals surface area contributed by atoms with Crippen LogP contribution in [0.5, 0.6) is 11.5 Å². The maximum atomic E-state index is 14.1. The number of nitrogens with two attached hydrogens (primary N) is 1. The quantitative estimate of drug-likeness (QED) is 0.175. The van der Waals surface area contributed by atoms with Crippen molar-refractivity contribution in [3.8, 4) is 22.8 Å². The molecular formula is C37H47N5O8. The first kappa shape index (κ1) is 37.6. The number of nitrogens with one attached hydrogen (secondary N) is 2. The van der Waals surface area contributed by atoms with Crippen LogP contribution in [0.3, 0.4) is 0 Å². The summed E-state index contributed by atoms with van der Waals surface area (Å²) in [6.07, 6.45) is 0.0189. The Bertz CT molecular complexity index is 1710. The van der Waals surface area contributed by atoms with Gasteiger partial charge in [-0.3, -0.25) is 9.59 Å². The molecule has 2 aromatic carbocycles. The van der Waals surface area contributed by atoms with Gasteiger partial charge in [0, 0.05) is 36.0 Å². The van der Waals surface area contributed by atoms with Crippen molar-refractivity contribution in [3.05, 3.63) is 67.3 Å². The van der Waals surface area contributed by atoms with Crippen molar-refractivity contribution in [2.24, 2.45) is 5.73 Å². The third-order valence-corrected chi connectivity index (χ3v) is 8.31. The Morgan fingerprint density at radius 1 is 1.10 bits per heavy atom. The lowest BCUT2D eigenvalue weighted by Crippen LogP contribution is -2.60. The van der Waals surface area contributed by atoms with Crippen molar-refractivity contribution < 1.29 is 38.1 Å². The molecule has 13 heteroatoms. The van der Waals surface area contributed by atoms with E-state index >= 15 is 0 Å². The van der Waals surface area contributed by atoms with Crippen LogP contribution in [-0.2, 0) is 23.9 Å². The first-order valence-electron chi connectivity index (χ1n) is 16.6. The maximum Gasteiger partial charge on any atom is 0.408 e. The largest absolute Gasteiger partial charge is 0.497 e. The smallest absolute Gasteiger partial charge is 0.408 e. The molecule has 4 N–H and O–H groups in total. The van der Waals surface area contributed by atoms with Gasteiger partial charge in [-0.05, 0) is 46.2 Å². The van der Waals surface area contributed by atoms with Gasteiger partial charge < -0.3 is 40.2 Å². The number of alkyl carbamates (subject to hydrolysis) is 1. The molecule has 1 aromatic heterocycles. The third-order valence-electron chi connectivity index (χ3n) is 8.31. The van der Waals surface area contributed by atoms with E-state index < -0.39 is 53.2 Å². The fourth-order valence-electron chi connectivity index (χ4n) is 5.71. The number of esters is 1. The van der Waals surface area contributed by atoms with Gasteiger partial charge in [-0.25, -0.2) is 14.6 Å². The summed E-state index contributed by atoms with van der Waals surface area (Å²) >= 11 is 0. The molecule has 50 heavy (non-hydrogen) atoms. The lowest BCUT2D eigenvalue weighted by Gasteiger charge is -2.32. The van der Waals surface area contributed by atoms with Crippen LogP contribution in [0.2, 0.25) is 0 Å². The molecule has 1 fully saturated rings. The van der Waals surface area contributed by atoms with Gasteiger partial charge in [-0.1, -0.05) is 43.3 Å². The number of pyridine rings is 1. The van der Waals surface area contributed by atoms with E-state index in [0.29, 0.717) is 28.1 Å². The highest BCUT2D eigenvalue weighted by Crippen LogP contribution is 2.35. The van der Waals surface area contributed by atoms with Crippen LogP contribution in [0.15, 0.2) is 67.3 Å². The van der Waals surface area contributed by atoms with E-state index in [-0.39, 0.29) is 32.5 Å². The molecule has 1 saturated heterocycles. The van der Waals surface area contributed by atoms with Gasteiger partial charge in [0.1, 0.15) is 35.3 Å². The number of likely N-dealkylation sites (tertiary alicyclic amines) is 1. The van der Waals surface area contributed by atoms with Crippen LogP contribution in [0.1, 0.15) is 47.5 Å². The number of carbonyl (C=O) groups is 4. The van der Waals surface area contributed by atoms with Gasteiger partial charge in [0.15, 0.2) is 5.54 Å². The second-order valence-corrected chi connectivity index (χ2v) is 12.9. The molecule has 0 radical (unpaired) electrons.